The summed E-state index contributed by atoms with van der Waals surface area (Å²) in [5.74, 6) is 0. The zero-order valence-electron chi connectivity index (χ0n) is 6.94. The van der Waals surface area contributed by atoms with Gasteiger partial charge in [0.05, 0.1) is 0 Å². The number of hydrogen-bond donors (Lipinski definition) is 0. The van der Waals surface area contributed by atoms with Crippen LogP contribution in [0, 0.1) is 13.8 Å². The average molecular weight is 136 g/mol. The third kappa shape index (κ3) is 1.21. The number of benzene rings is 1. The molecule has 0 aliphatic heterocycles. The first-order valence-electron chi connectivity index (χ1n) is 3.80. The van der Waals surface area contributed by atoms with Gasteiger partial charge in [-0.3, -0.25) is 0 Å². The summed E-state index contributed by atoms with van der Waals surface area (Å²) in [7, 11) is 0. The van der Waals surface area contributed by atoms with Crippen LogP contribution in [0.1, 0.15) is 25.0 Å². The molecule has 0 nitrogen and oxygen atoms in total. The normalized spacial score (nSPS) is 9.90. The van der Waals surface area contributed by atoms with Crippen LogP contribution in [0.5, 0.6) is 0 Å². The Balaban J connectivity index is 0.000001000. The first-order chi connectivity index (χ1) is 4.75. The first-order valence-corrected chi connectivity index (χ1v) is 3.80. The summed E-state index contributed by atoms with van der Waals surface area (Å²) in [6.07, 6.45) is 1.15. The molecule has 0 spiro atoms. The van der Waals surface area contributed by atoms with Crippen molar-refractivity contribution in [2.75, 3.05) is 0 Å². The molecule has 10 heavy (non-hydrogen) atoms. The highest BCUT2D eigenvalue weighted by atomic mass is 14.0. The molecular formula is C10H16. The van der Waals surface area contributed by atoms with Crippen molar-refractivity contribution in [3.05, 3.63) is 34.9 Å². The van der Waals surface area contributed by atoms with E-state index in [9.17, 15) is 0 Å². The van der Waals surface area contributed by atoms with Gasteiger partial charge in [-0.25, -0.2) is 0 Å². The Labute approximate surface area is 64.4 Å². The molecule has 0 heteroatoms. The number of hydrogen-bond acceptors (Lipinski definition) is 0. The van der Waals surface area contributed by atoms with Crippen molar-refractivity contribution in [3.8, 4) is 0 Å². The van der Waals surface area contributed by atoms with E-state index in [0.29, 0.717) is 0 Å². The van der Waals surface area contributed by atoms with Crippen molar-refractivity contribution in [1.29, 1.82) is 0 Å². The van der Waals surface area contributed by atoms with Crippen molar-refractivity contribution >= 4 is 0 Å². The molecule has 1 rings (SSSR count). The Hall–Kier alpha value is -0.780. The van der Waals surface area contributed by atoms with E-state index < -0.39 is 0 Å². The second-order valence-electron chi connectivity index (χ2n) is 2.72. The summed E-state index contributed by atoms with van der Waals surface area (Å²) in [6, 6.07) is 6.46. The smallest absolute Gasteiger partial charge is 0 e. The Morgan fingerprint density at radius 1 is 1.20 bits per heavy atom. The molecule has 0 aromatic heterocycles. The second-order valence-corrected chi connectivity index (χ2v) is 2.72. The molecular weight excluding hydrogens is 120 g/mol. The van der Waals surface area contributed by atoms with Gasteiger partial charge in [0.2, 0.25) is 0 Å². The monoisotopic (exact) mass is 136 g/mol. The van der Waals surface area contributed by atoms with Gasteiger partial charge in [0, 0.05) is 1.43 Å². The molecule has 1 aromatic rings. The van der Waals surface area contributed by atoms with Gasteiger partial charge in [-0.05, 0) is 37.0 Å². The van der Waals surface area contributed by atoms with E-state index in [1.165, 1.54) is 16.7 Å². The van der Waals surface area contributed by atoms with Crippen LogP contribution in [0.2, 0.25) is 0 Å². The van der Waals surface area contributed by atoms with Gasteiger partial charge < -0.3 is 0 Å². The van der Waals surface area contributed by atoms with Crippen molar-refractivity contribution in [3.63, 3.8) is 0 Å². The molecule has 0 aliphatic rings. The van der Waals surface area contributed by atoms with Gasteiger partial charge in [0.1, 0.15) is 0 Å². The standard InChI is InChI=1S/C10H14.H2/c1-4-10-8(2)6-5-7-9(10)3;/h5-7H,4H2,1-3H3;1H. The van der Waals surface area contributed by atoms with Crippen LogP contribution < -0.4 is 0 Å². The summed E-state index contributed by atoms with van der Waals surface area (Å²) >= 11 is 0. The Bertz CT molecular complexity index is 208. The lowest BCUT2D eigenvalue weighted by Gasteiger charge is -2.04. The maximum atomic E-state index is 2.20. The highest BCUT2D eigenvalue weighted by Gasteiger charge is 1.96. The van der Waals surface area contributed by atoms with Crippen molar-refractivity contribution in [2.45, 2.75) is 27.2 Å². The largest absolute Gasteiger partial charge is 0.0617 e. The van der Waals surface area contributed by atoms with Crippen LogP contribution in [0.4, 0.5) is 0 Å². The summed E-state index contributed by atoms with van der Waals surface area (Å²) in [4.78, 5) is 0. The first kappa shape index (κ1) is 7.33. The van der Waals surface area contributed by atoms with Gasteiger partial charge >= 0.3 is 0 Å². The van der Waals surface area contributed by atoms with Gasteiger partial charge in [-0.1, -0.05) is 25.1 Å². The Morgan fingerprint density at radius 3 is 2.00 bits per heavy atom. The summed E-state index contributed by atoms with van der Waals surface area (Å²) in [5.41, 5.74) is 4.34. The summed E-state index contributed by atoms with van der Waals surface area (Å²) < 4.78 is 0. The quantitative estimate of drug-likeness (QED) is 0.556. The zero-order valence-corrected chi connectivity index (χ0v) is 6.94. The fourth-order valence-corrected chi connectivity index (χ4v) is 1.41. The van der Waals surface area contributed by atoms with Crippen molar-refractivity contribution in [2.24, 2.45) is 0 Å². The maximum absolute atomic E-state index is 2.20. The Kier molecular flexibility index (Phi) is 2.10. The molecule has 0 heterocycles. The molecule has 56 valence electrons. The van der Waals surface area contributed by atoms with Crippen LogP contribution in [0.25, 0.3) is 0 Å². The molecule has 0 fully saturated rings. The fraction of sp³-hybridized carbons (Fsp3) is 0.400. The molecule has 0 N–H and O–H groups in total. The zero-order chi connectivity index (χ0) is 7.56. The topological polar surface area (TPSA) is 0 Å². The lowest BCUT2D eigenvalue weighted by atomic mass is 10.0. The van der Waals surface area contributed by atoms with E-state index in [-0.39, 0.29) is 1.43 Å². The fourth-order valence-electron chi connectivity index (χ4n) is 1.41. The highest BCUT2D eigenvalue weighted by molar-refractivity contribution is 5.33. The lowest BCUT2D eigenvalue weighted by molar-refractivity contribution is 1.08. The van der Waals surface area contributed by atoms with E-state index in [1.54, 1.807) is 0 Å². The molecule has 1 aromatic carbocycles. The minimum absolute atomic E-state index is 0. The Morgan fingerprint density at radius 2 is 1.70 bits per heavy atom. The van der Waals surface area contributed by atoms with E-state index >= 15 is 0 Å². The third-order valence-electron chi connectivity index (χ3n) is 2.00. The van der Waals surface area contributed by atoms with Crippen molar-refractivity contribution < 1.29 is 1.43 Å². The predicted molar refractivity (Wildman–Crippen MR) is 47.4 cm³/mol. The molecule has 0 atom stereocenters. The third-order valence-corrected chi connectivity index (χ3v) is 2.00. The maximum Gasteiger partial charge on any atom is 0 e. The highest BCUT2D eigenvalue weighted by Crippen LogP contribution is 2.12. The summed E-state index contributed by atoms with van der Waals surface area (Å²) in [5, 5.41) is 0. The van der Waals surface area contributed by atoms with Gasteiger partial charge in [0.25, 0.3) is 0 Å². The van der Waals surface area contributed by atoms with E-state index in [2.05, 4.69) is 39.0 Å². The van der Waals surface area contributed by atoms with E-state index in [0.717, 1.165) is 6.42 Å². The minimum atomic E-state index is 0. The molecule has 0 saturated heterocycles. The molecule has 0 radical (unpaired) electrons. The molecule has 0 aliphatic carbocycles. The molecule has 0 bridgehead atoms. The van der Waals surface area contributed by atoms with Crippen LogP contribution in [0.3, 0.4) is 0 Å². The minimum Gasteiger partial charge on any atom is -0.0617 e. The van der Waals surface area contributed by atoms with E-state index in [4.69, 9.17) is 0 Å². The van der Waals surface area contributed by atoms with Crippen LogP contribution in [-0.2, 0) is 6.42 Å². The molecule has 0 amide bonds. The summed E-state index contributed by atoms with van der Waals surface area (Å²) in [6.45, 7) is 6.55. The van der Waals surface area contributed by atoms with Gasteiger partial charge in [0.15, 0.2) is 0 Å². The predicted octanol–water partition coefficient (Wildman–Crippen LogP) is 3.11. The van der Waals surface area contributed by atoms with Crippen LogP contribution >= 0.6 is 0 Å². The average Bonchev–Trinajstić information content (AvgIpc) is 1.88. The van der Waals surface area contributed by atoms with Gasteiger partial charge in [-0.2, -0.15) is 0 Å². The van der Waals surface area contributed by atoms with Gasteiger partial charge in [-0.15, -0.1) is 0 Å². The molecule has 0 saturated carbocycles. The number of rotatable bonds is 1. The lowest BCUT2D eigenvalue weighted by Crippen LogP contribution is -1.89. The van der Waals surface area contributed by atoms with E-state index in [1.807, 2.05) is 0 Å². The van der Waals surface area contributed by atoms with Crippen LogP contribution in [-0.4, -0.2) is 0 Å². The van der Waals surface area contributed by atoms with Crippen LogP contribution in [0.15, 0.2) is 18.2 Å². The van der Waals surface area contributed by atoms with Crippen molar-refractivity contribution in [1.82, 2.24) is 0 Å². The SMILES string of the molecule is CCc1c(C)cccc1C.[HH]. The number of aryl methyl sites for hydroxylation is 2. The second kappa shape index (κ2) is 2.87. The molecule has 0 unspecified atom stereocenters.